The van der Waals surface area contributed by atoms with Crippen molar-refractivity contribution < 1.29 is 9.59 Å². The minimum Gasteiger partial charge on any atom is -0.317 e. The zero-order chi connectivity index (χ0) is 20.6. The number of hydrogen-bond acceptors (Lipinski definition) is 3. The lowest BCUT2D eigenvalue weighted by atomic mass is 9.74. The van der Waals surface area contributed by atoms with E-state index in [1.807, 2.05) is 65.6 Å². The Morgan fingerprint density at radius 2 is 1.43 bits per heavy atom. The number of nitrogens with zero attached hydrogens (tertiary/aromatic N) is 1. The fourth-order valence-electron chi connectivity index (χ4n) is 4.97. The summed E-state index contributed by atoms with van der Waals surface area (Å²) < 4.78 is 0. The smallest absolute Gasteiger partial charge is 0.232 e. The van der Waals surface area contributed by atoms with Crippen LogP contribution in [0.5, 0.6) is 0 Å². The number of nitrogens with one attached hydrogen (secondary N) is 1. The number of rotatable bonds is 3. The minimum atomic E-state index is -0.331. The van der Waals surface area contributed by atoms with Crippen molar-refractivity contribution in [1.82, 2.24) is 5.32 Å². The molecule has 5 rings (SSSR count). The fraction of sp³-hybridized carbons (Fsp3) is 0.231. The number of ketones is 1. The van der Waals surface area contributed by atoms with E-state index in [-0.39, 0.29) is 17.2 Å². The summed E-state index contributed by atoms with van der Waals surface area (Å²) in [6, 6.07) is 25.1. The molecule has 0 saturated carbocycles. The highest BCUT2D eigenvalue weighted by Gasteiger charge is 2.47. The van der Waals surface area contributed by atoms with Gasteiger partial charge in [-0.25, -0.2) is 0 Å². The van der Waals surface area contributed by atoms with E-state index in [1.165, 1.54) is 5.56 Å². The van der Waals surface area contributed by atoms with Crippen molar-refractivity contribution in [1.29, 1.82) is 0 Å². The normalized spacial score (nSPS) is 17.6. The van der Waals surface area contributed by atoms with E-state index >= 15 is 0 Å². The van der Waals surface area contributed by atoms with Gasteiger partial charge >= 0.3 is 0 Å². The number of fused-ring (bicyclic) bond motifs is 2. The Balaban J connectivity index is 1.54. The molecule has 2 heterocycles. The standard InChI is InChI=1S/C26H24N2O2/c29-24-18-21-8-4-5-9-23(21)26(14-16-27-17-15-26)28(24)22-12-10-20(11-13-22)25(30)19-6-2-1-3-7-19/h1-13,27H,14-18H2. The number of anilines is 1. The van der Waals surface area contributed by atoms with E-state index in [9.17, 15) is 9.59 Å². The monoisotopic (exact) mass is 396 g/mol. The first-order valence-corrected chi connectivity index (χ1v) is 10.5. The molecule has 2 aliphatic rings. The van der Waals surface area contributed by atoms with Crippen molar-refractivity contribution in [3.05, 3.63) is 101 Å². The second-order valence-corrected chi connectivity index (χ2v) is 8.09. The van der Waals surface area contributed by atoms with Crippen LogP contribution < -0.4 is 10.2 Å². The van der Waals surface area contributed by atoms with Gasteiger partial charge < -0.3 is 10.2 Å². The van der Waals surface area contributed by atoms with Gasteiger partial charge in [0.05, 0.1) is 12.0 Å². The molecule has 4 heteroatoms. The Morgan fingerprint density at radius 1 is 0.800 bits per heavy atom. The molecule has 30 heavy (non-hydrogen) atoms. The molecule has 1 amide bonds. The summed E-state index contributed by atoms with van der Waals surface area (Å²) >= 11 is 0. The van der Waals surface area contributed by atoms with E-state index in [1.54, 1.807) is 0 Å². The van der Waals surface area contributed by atoms with Crippen LogP contribution in [0.1, 0.15) is 39.9 Å². The molecule has 150 valence electrons. The van der Waals surface area contributed by atoms with Gasteiger partial charge in [0, 0.05) is 16.8 Å². The van der Waals surface area contributed by atoms with Crippen LogP contribution in [-0.2, 0) is 16.8 Å². The molecular formula is C26H24N2O2. The zero-order valence-electron chi connectivity index (χ0n) is 16.8. The number of piperidine rings is 1. The summed E-state index contributed by atoms with van der Waals surface area (Å²) in [7, 11) is 0. The first-order valence-electron chi connectivity index (χ1n) is 10.5. The molecule has 0 atom stereocenters. The first kappa shape index (κ1) is 18.8. The van der Waals surface area contributed by atoms with E-state index in [4.69, 9.17) is 0 Å². The lowest BCUT2D eigenvalue weighted by molar-refractivity contribution is -0.120. The van der Waals surface area contributed by atoms with Crippen molar-refractivity contribution in [2.45, 2.75) is 24.8 Å². The Labute approximate surface area is 176 Å². The molecule has 1 fully saturated rings. The van der Waals surface area contributed by atoms with E-state index in [2.05, 4.69) is 23.5 Å². The van der Waals surface area contributed by atoms with E-state index in [0.29, 0.717) is 17.5 Å². The van der Waals surface area contributed by atoms with Gasteiger partial charge in [0.25, 0.3) is 0 Å². The predicted molar refractivity (Wildman–Crippen MR) is 118 cm³/mol. The average molecular weight is 396 g/mol. The van der Waals surface area contributed by atoms with Crippen LogP contribution in [-0.4, -0.2) is 24.8 Å². The van der Waals surface area contributed by atoms with E-state index in [0.717, 1.165) is 37.2 Å². The average Bonchev–Trinajstić information content (AvgIpc) is 2.80. The van der Waals surface area contributed by atoms with Crippen molar-refractivity contribution in [3.63, 3.8) is 0 Å². The summed E-state index contributed by atoms with van der Waals surface area (Å²) in [4.78, 5) is 28.1. The second kappa shape index (κ2) is 7.54. The van der Waals surface area contributed by atoms with Crippen molar-refractivity contribution in [3.8, 4) is 0 Å². The molecule has 2 aliphatic heterocycles. The third kappa shape index (κ3) is 3.04. The largest absolute Gasteiger partial charge is 0.317 e. The highest BCUT2D eigenvalue weighted by atomic mass is 16.2. The molecule has 0 bridgehead atoms. The lowest BCUT2D eigenvalue weighted by Gasteiger charge is -2.50. The van der Waals surface area contributed by atoms with Crippen LogP contribution in [0.3, 0.4) is 0 Å². The van der Waals surface area contributed by atoms with Crippen LogP contribution in [0.25, 0.3) is 0 Å². The maximum atomic E-state index is 13.3. The topological polar surface area (TPSA) is 49.4 Å². The quantitative estimate of drug-likeness (QED) is 0.679. The third-order valence-electron chi connectivity index (χ3n) is 6.39. The van der Waals surface area contributed by atoms with Gasteiger partial charge in [-0.1, -0.05) is 54.6 Å². The molecule has 0 radical (unpaired) electrons. The highest BCUT2D eigenvalue weighted by Crippen LogP contribution is 2.45. The van der Waals surface area contributed by atoms with Crippen molar-refractivity contribution in [2.75, 3.05) is 18.0 Å². The van der Waals surface area contributed by atoms with Crippen LogP contribution >= 0.6 is 0 Å². The maximum Gasteiger partial charge on any atom is 0.232 e. The molecule has 4 nitrogen and oxygen atoms in total. The van der Waals surface area contributed by atoms with Crippen LogP contribution in [0.15, 0.2) is 78.9 Å². The molecular weight excluding hydrogens is 372 g/mol. The number of amides is 1. The van der Waals surface area contributed by atoms with Gasteiger partial charge in [-0.05, 0) is 61.3 Å². The lowest BCUT2D eigenvalue weighted by Crippen LogP contribution is -2.58. The molecule has 3 aromatic carbocycles. The number of benzene rings is 3. The number of carbonyl (C=O) groups is 2. The molecule has 1 saturated heterocycles. The summed E-state index contributed by atoms with van der Waals surface area (Å²) in [5, 5.41) is 3.43. The molecule has 1 spiro atoms. The van der Waals surface area contributed by atoms with E-state index < -0.39 is 0 Å². The predicted octanol–water partition coefficient (Wildman–Crippen LogP) is 4.09. The number of hydrogen-bond donors (Lipinski definition) is 1. The maximum absolute atomic E-state index is 13.3. The summed E-state index contributed by atoms with van der Waals surface area (Å²) in [6.45, 7) is 1.76. The third-order valence-corrected chi connectivity index (χ3v) is 6.39. The molecule has 3 aromatic rings. The number of carbonyl (C=O) groups excluding carboxylic acids is 2. The van der Waals surface area contributed by atoms with Gasteiger partial charge in [-0.3, -0.25) is 9.59 Å². The van der Waals surface area contributed by atoms with Gasteiger partial charge in [0.2, 0.25) is 5.91 Å². The van der Waals surface area contributed by atoms with Crippen LogP contribution in [0, 0.1) is 0 Å². The summed E-state index contributed by atoms with van der Waals surface area (Å²) in [5.41, 5.74) is 4.23. The molecule has 0 aliphatic carbocycles. The summed E-state index contributed by atoms with van der Waals surface area (Å²) in [5.74, 6) is 0.117. The first-order chi connectivity index (χ1) is 14.7. The van der Waals surface area contributed by atoms with Crippen molar-refractivity contribution in [2.24, 2.45) is 0 Å². The van der Waals surface area contributed by atoms with Crippen LogP contribution in [0.2, 0.25) is 0 Å². The minimum absolute atomic E-state index is 0.00551. The molecule has 0 aromatic heterocycles. The second-order valence-electron chi connectivity index (χ2n) is 8.09. The highest BCUT2D eigenvalue weighted by molar-refractivity contribution is 6.09. The van der Waals surface area contributed by atoms with Crippen LogP contribution in [0.4, 0.5) is 5.69 Å². The van der Waals surface area contributed by atoms with Gasteiger partial charge in [0.15, 0.2) is 5.78 Å². The Bertz CT molecular complexity index is 1080. The van der Waals surface area contributed by atoms with Gasteiger partial charge in [0.1, 0.15) is 0 Å². The summed E-state index contributed by atoms with van der Waals surface area (Å²) in [6.07, 6.45) is 2.16. The fourth-order valence-corrected chi connectivity index (χ4v) is 4.97. The van der Waals surface area contributed by atoms with Crippen molar-refractivity contribution >= 4 is 17.4 Å². The Kier molecular flexibility index (Phi) is 4.72. The van der Waals surface area contributed by atoms with Gasteiger partial charge in [-0.15, -0.1) is 0 Å². The SMILES string of the molecule is O=C(c1ccccc1)c1ccc(N2C(=O)Cc3ccccc3C23CCNCC3)cc1. The molecule has 0 unspecified atom stereocenters. The zero-order valence-corrected chi connectivity index (χ0v) is 16.8. The Hall–Kier alpha value is -3.24. The molecule has 1 N–H and O–H groups in total. The van der Waals surface area contributed by atoms with Gasteiger partial charge in [-0.2, -0.15) is 0 Å². The Morgan fingerprint density at radius 3 is 2.17 bits per heavy atom.